The van der Waals surface area contributed by atoms with Crippen LogP contribution in [-0.2, 0) is 12.0 Å². The van der Waals surface area contributed by atoms with Gasteiger partial charge in [-0.1, -0.05) is 46.3 Å². The molecule has 0 aromatic heterocycles. The fourth-order valence-corrected chi connectivity index (χ4v) is 3.88. The lowest BCUT2D eigenvalue weighted by Gasteiger charge is -2.20. The number of hydrogen-bond donors (Lipinski definition) is 3. The van der Waals surface area contributed by atoms with Gasteiger partial charge in [-0.25, -0.2) is 4.99 Å². The maximum absolute atomic E-state index is 11.3. The predicted octanol–water partition coefficient (Wildman–Crippen LogP) is 3.33. The molecule has 0 spiro atoms. The summed E-state index contributed by atoms with van der Waals surface area (Å²) in [6, 6.07) is 15.7. The summed E-state index contributed by atoms with van der Waals surface area (Å²) in [4.78, 5) is 16.0. The third-order valence-corrected chi connectivity index (χ3v) is 5.56. The lowest BCUT2D eigenvalue weighted by Crippen LogP contribution is -2.41. The zero-order valence-electron chi connectivity index (χ0n) is 15.5. The third kappa shape index (κ3) is 4.89. The van der Waals surface area contributed by atoms with E-state index in [1.165, 1.54) is 18.4 Å². The van der Waals surface area contributed by atoms with E-state index in [2.05, 4.69) is 49.8 Å². The molecule has 4 N–H and O–H groups in total. The molecule has 1 aliphatic rings. The van der Waals surface area contributed by atoms with E-state index >= 15 is 0 Å². The number of guanidine groups is 1. The van der Waals surface area contributed by atoms with Crippen molar-refractivity contribution in [3.63, 3.8) is 0 Å². The van der Waals surface area contributed by atoms with Crippen LogP contribution in [-0.4, -0.2) is 25.0 Å². The number of aliphatic imine (C=N–C) groups is 1. The number of nitrogens with one attached hydrogen (secondary N) is 2. The van der Waals surface area contributed by atoms with E-state index in [-0.39, 0.29) is 5.41 Å². The van der Waals surface area contributed by atoms with Gasteiger partial charge in [0.1, 0.15) is 0 Å². The van der Waals surface area contributed by atoms with Crippen molar-refractivity contribution in [3.8, 4) is 0 Å². The highest BCUT2D eigenvalue weighted by molar-refractivity contribution is 9.10. The largest absolute Gasteiger partial charge is 0.366 e. The monoisotopic (exact) mass is 428 g/mol. The number of benzene rings is 2. The fraction of sp³-hybridized carbons (Fsp3) is 0.333. The average molecular weight is 429 g/mol. The maximum atomic E-state index is 11.3. The number of rotatable bonds is 7. The van der Waals surface area contributed by atoms with Crippen molar-refractivity contribution in [2.45, 2.75) is 31.7 Å². The van der Waals surface area contributed by atoms with Gasteiger partial charge in [0, 0.05) is 28.5 Å². The lowest BCUT2D eigenvalue weighted by atomic mass is 9.96. The zero-order valence-corrected chi connectivity index (χ0v) is 17.1. The molecule has 0 aliphatic heterocycles. The molecule has 0 atom stereocenters. The first kappa shape index (κ1) is 19.4. The van der Waals surface area contributed by atoms with E-state index in [9.17, 15) is 4.79 Å². The first-order valence-electron chi connectivity index (χ1n) is 9.20. The second kappa shape index (κ2) is 8.57. The van der Waals surface area contributed by atoms with Gasteiger partial charge in [-0.3, -0.25) is 4.79 Å². The summed E-state index contributed by atoms with van der Waals surface area (Å²) >= 11 is 3.68. The number of hydrogen-bond acceptors (Lipinski definition) is 2. The average Bonchev–Trinajstić information content (AvgIpc) is 3.45. The first-order valence-corrected chi connectivity index (χ1v) is 9.99. The molecule has 1 saturated carbocycles. The van der Waals surface area contributed by atoms with Crippen LogP contribution >= 0.6 is 15.9 Å². The molecule has 0 bridgehead atoms. The fourth-order valence-electron chi connectivity index (χ4n) is 3.17. The van der Waals surface area contributed by atoms with Crippen LogP contribution < -0.4 is 16.4 Å². The summed E-state index contributed by atoms with van der Waals surface area (Å²) in [6.07, 6.45) is 2.34. The molecule has 0 radical (unpaired) electrons. The van der Waals surface area contributed by atoms with E-state index in [4.69, 9.17) is 5.73 Å². The number of nitrogens with two attached hydrogens (primary N) is 1. The highest BCUT2D eigenvalue weighted by Crippen LogP contribution is 2.49. The topological polar surface area (TPSA) is 79.5 Å². The van der Waals surface area contributed by atoms with Gasteiger partial charge in [0.2, 0.25) is 5.91 Å². The number of halogens is 1. The Balaban J connectivity index is 1.67. The van der Waals surface area contributed by atoms with E-state index in [0.29, 0.717) is 12.1 Å². The molecule has 27 heavy (non-hydrogen) atoms. The summed E-state index contributed by atoms with van der Waals surface area (Å²) in [6.45, 7) is 4.15. The molecule has 2 aromatic carbocycles. The highest BCUT2D eigenvalue weighted by atomic mass is 79.9. The third-order valence-electron chi connectivity index (χ3n) is 4.87. The van der Waals surface area contributed by atoms with Crippen molar-refractivity contribution in [2.75, 3.05) is 13.1 Å². The van der Waals surface area contributed by atoms with Crippen LogP contribution in [0.1, 0.15) is 41.3 Å². The van der Waals surface area contributed by atoms with E-state index in [1.807, 2.05) is 25.1 Å². The van der Waals surface area contributed by atoms with Crippen molar-refractivity contribution >= 4 is 27.8 Å². The molecule has 6 heteroatoms. The van der Waals surface area contributed by atoms with E-state index in [0.717, 1.165) is 29.1 Å². The Morgan fingerprint density at radius 2 is 1.96 bits per heavy atom. The number of nitrogens with zero attached hydrogens (tertiary/aromatic N) is 1. The molecule has 2 aromatic rings. The van der Waals surface area contributed by atoms with Crippen LogP contribution in [0, 0.1) is 0 Å². The van der Waals surface area contributed by atoms with Gasteiger partial charge in [-0.05, 0) is 49.1 Å². The van der Waals surface area contributed by atoms with Crippen molar-refractivity contribution in [1.29, 1.82) is 0 Å². The minimum atomic E-state index is -0.421. The Bertz CT molecular complexity index is 846. The standard InChI is InChI=1S/C21H25BrN4O/c1-2-24-20(25-13-15-6-5-7-16(12-15)19(23)27)26-14-21(10-11-21)17-8-3-4-9-18(17)22/h3-9,12H,2,10-11,13-14H2,1H3,(H2,23,27)(H2,24,25,26). The Kier molecular flexibility index (Phi) is 6.16. The second-order valence-corrected chi connectivity index (χ2v) is 7.73. The Morgan fingerprint density at radius 1 is 1.19 bits per heavy atom. The van der Waals surface area contributed by atoms with Gasteiger partial charge in [0.05, 0.1) is 6.54 Å². The molecule has 0 saturated heterocycles. The number of carbonyl (C=O) groups excluding carboxylic acids is 1. The van der Waals surface area contributed by atoms with Crippen LogP contribution in [0.3, 0.4) is 0 Å². The highest BCUT2D eigenvalue weighted by Gasteiger charge is 2.45. The summed E-state index contributed by atoms with van der Waals surface area (Å²) < 4.78 is 1.16. The van der Waals surface area contributed by atoms with Gasteiger partial charge in [0.15, 0.2) is 5.96 Å². The smallest absolute Gasteiger partial charge is 0.248 e. The minimum Gasteiger partial charge on any atom is -0.366 e. The summed E-state index contributed by atoms with van der Waals surface area (Å²) in [5.41, 5.74) is 8.33. The Morgan fingerprint density at radius 3 is 2.63 bits per heavy atom. The van der Waals surface area contributed by atoms with Gasteiger partial charge in [-0.15, -0.1) is 0 Å². The van der Waals surface area contributed by atoms with Gasteiger partial charge < -0.3 is 16.4 Å². The number of primary amides is 1. The van der Waals surface area contributed by atoms with Crippen LogP contribution in [0.15, 0.2) is 58.0 Å². The van der Waals surface area contributed by atoms with E-state index in [1.54, 1.807) is 12.1 Å². The molecule has 142 valence electrons. The molecule has 1 amide bonds. The summed E-state index contributed by atoms with van der Waals surface area (Å²) in [7, 11) is 0. The molecule has 0 unspecified atom stereocenters. The zero-order chi connectivity index (χ0) is 19.3. The second-order valence-electron chi connectivity index (χ2n) is 6.87. The van der Waals surface area contributed by atoms with Crippen LogP contribution in [0.25, 0.3) is 0 Å². The van der Waals surface area contributed by atoms with Crippen LogP contribution in [0.2, 0.25) is 0 Å². The molecular formula is C21H25BrN4O. The Hall–Kier alpha value is -2.34. The molecule has 0 heterocycles. The van der Waals surface area contributed by atoms with Crippen molar-refractivity contribution in [2.24, 2.45) is 10.7 Å². The first-order chi connectivity index (χ1) is 13.0. The molecule has 3 rings (SSSR count). The minimum absolute atomic E-state index is 0.169. The SMILES string of the molecule is CCNC(=NCc1cccc(C(N)=O)c1)NCC1(c2ccccc2Br)CC1. The normalized spacial score (nSPS) is 15.3. The predicted molar refractivity (Wildman–Crippen MR) is 113 cm³/mol. The van der Waals surface area contributed by atoms with E-state index < -0.39 is 5.91 Å². The van der Waals surface area contributed by atoms with Gasteiger partial charge in [0.25, 0.3) is 0 Å². The molecule has 1 fully saturated rings. The Labute approximate surface area is 168 Å². The molecule has 1 aliphatic carbocycles. The van der Waals surface area contributed by atoms with Crippen LogP contribution in [0.4, 0.5) is 0 Å². The van der Waals surface area contributed by atoms with Crippen molar-refractivity contribution in [3.05, 3.63) is 69.7 Å². The summed E-state index contributed by atoms with van der Waals surface area (Å²) in [5.74, 6) is 0.357. The molecule has 5 nitrogen and oxygen atoms in total. The lowest BCUT2D eigenvalue weighted by molar-refractivity contribution is 0.1000. The molecular weight excluding hydrogens is 404 g/mol. The number of amides is 1. The van der Waals surface area contributed by atoms with Crippen LogP contribution in [0.5, 0.6) is 0 Å². The van der Waals surface area contributed by atoms with Gasteiger partial charge in [-0.2, -0.15) is 0 Å². The maximum Gasteiger partial charge on any atom is 0.248 e. The quantitative estimate of drug-likeness (QED) is 0.467. The van der Waals surface area contributed by atoms with Crippen molar-refractivity contribution < 1.29 is 4.79 Å². The number of carbonyl (C=O) groups is 1. The summed E-state index contributed by atoms with van der Waals surface area (Å²) in [5, 5.41) is 6.78. The van der Waals surface area contributed by atoms with Crippen molar-refractivity contribution in [1.82, 2.24) is 10.6 Å². The van der Waals surface area contributed by atoms with Gasteiger partial charge >= 0.3 is 0 Å².